The van der Waals surface area contributed by atoms with Gasteiger partial charge in [-0.3, -0.25) is 0 Å². The molecule has 21 heavy (non-hydrogen) atoms. The zero-order valence-corrected chi connectivity index (χ0v) is 14.7. The smallest absolute Gasteiger partial charge is 0.207 e. The Hall–Kier alpha value is -0.590. The monoisotopic (exact) mass is 363 g/mol. The molecule has 0 bridgehead atoms. The highest BCUT2D eigenvalue weighted by Crippen LogP contribution is 2.30. The van der Waals surface area contributed by atoms with E-state index in [1.54, 1.807) is 13.1 Å². The van der Waals surface area contributed by atoms with E-state index < -0.39 is 10.0 Å². The summed E-state index contributed by atoms with van der Waals surface area (Å²) in [4.78, 5) is 1.20. The van der Waals surface area contributed by atoms with Gasteiger partial charge in [0.15, 0.2) is 0 Å². The summed E-state index contributed by atoms with van der Waals surface area (Å²) in [6, 6.07) is 8.20. The minimum atomic E-state index is -3.59. The quantitative estimate of drug-likeness (QED) is 0.732. The number of halogens is 2. The van der Waals surface area contributed by atoms with Crippen LogP contribution >= 0.6 is 34.5 Å². The number of nitrogens with zero attached hydrogens (tertiary/aromatic N) is 1. The molecule has 7 heteroatoms. The first-order valence-electron chi connectivity index (χ1n) is 6.23. The maximum absolute atomic E-state index is 12.7. The molecule has 114 valence electrons. The van der Waals surface area contributed by atoms with Gasteiger partial charge in [0.05, 0.1) is 10.9 Å². The lowest BCUT2D eigenvalue weighted by Gasteiger charge is -2.23. The number of alkyl halides is 1. The van der Waals surface area contributed by atoms with Gasteiger partial charge in [-0.25, -0.2) is 8.42 Å². The average Bonchev–Trinajstić information content (AvgIpc) is 3.00. The van der Waals surface area contributed by atoms with Crippen LogP contribution < -0.4 is 0 Å². The summed E-state index contributed by atoms with van der Waals surface area (Å²) in [5.74, 6) is 0.173. The molecular weight excluding hydrogens is 349 g/mol. The Labute approximate surface area is 139 Å². The highest BCUT2D eigenvalue weighted by atomic mass is 35.5. The number of hydrogen-bond donors (Lipinski definition) is 0. The van der Waals surface area contributed by atoms with Crippen molar-refractivity contribution in [2.75, 3.05) is 7.05 Å². The normalized spacial score (nSPS) is 13.6. The van der Waals surface area contributed by atoms with Crippen molar-refractivity contribution in [2.24, 2.45) is 0 Å². The molecule has 0 aliphatic rings. The fourth-order valence-electron chi connectivity index (χ4n) is 1.90. The molecule has 0 aliphatic heterocycles. The van der Waals surface area contributed by atoms with Crippen LogP contribution in [-0.2, 0) is 15.9 Å². The van der Waals surface area contributed by atoms with Crippen LogP contribution in [0.5, 0.6) is 0 Å². The molecule has 1 unspecified atom stereocenters. The first-order chi connectivity index (χ1) is 9.87. The molecule has 0 amide bonds. The predicted octanol–water partition coefficient (Wildman–Crippen LogP) is 4.52. The van der Waals surface area contributed by atoms with E-state index in [1.165, 1.54) is 27.8 Å². The minimum absolute atomic E-state index is 0.173. The van der Waals surface area contributed by atoms with E-state index in [0.29, 0.717) is 10.6 Å². The van der Waals surface area contributed by atoms with Crippen LogP contribution in [0.15, 0.2) is 40.6 Å². The molecule has 0 saturated carbocycles. The third-order valence-corrected chi connectivity index (χ3v) is 6.96. The van der Waals surface area contributed by atoms with Crippen molar-refractivity contribution in [1.82, 2.24) is 4.31 Å². The Bertz CT molecular complexity index is 715. The fourth-order valence-corrected chi connectivity index (χ4v) is 4.66. The molecule has 0 spiro atoms. The summed E-state index contributed by atoms with van der Waals surface area (Å²) in [7, 11) is -2.01. The van der Waals surface area contributed by atoms with Gasteiger partial charge in [-0.2, -0.15) is 4.31 Å². The molecule has 0 radical (unpaired) electrons. The van der Waals surface area contributed by atoms with Crippen molar-refractivity contribution < 1.29 is 8.42 Å². The molecular formula is C14H15Cl2NO2S2. The van der Waals surface area contributed by atoms with Crippen LogP contribution in [0.2, 0.25) is 5.02 Å². The number of benzene rings is 1. The molecule has 3 nitrogen and oxygen atoms in total. The molecule has 1 atom stereocenters. The largest absolute Gasteiger partial charge is 0.243 e. The van der Waals surface area contributed by atoms with Gasteiger partial charge in [-0.15, -0.1) is 22.9 Å². The number of sulfonamides is 1. The molecule has 1 aromatic carbocycles. The van der Waals surface area contributed by atoms with Gasteiger partial charge in [0.2, 0.25) is 10.0 Å². The zero-order valence-electron chi connectivity index (χ0n) is 11.6. The number of thiophene rings is 1. The molecule has 1 heterocycles. The molecule has 0 saturated heterocycles. The lowest BCUT2D eigenvalue weighted by molar-refractivity contribution is 0.403. The average molecular weight is 364 g/mol. The summed E-state index contributed by atoms with van der Waals surface area (Å²) in [5.41, 5.74) is 0.608. The van der Waals surface area contributed by atoms with Crippen molar-refractivity contribution >= 4 is 44.6 Å². The second-order valence-corrected chi connectivity index (χ2v) is 8.25. The Morgan fingerprint density at radius 3 is 2.62 bits per heavy atom. The van der Waals surface area contributed by atoms with Crippen LogP contribution in [0.3, 0.4) is 0 Å². The third kappa shape index (κ3) is 3.43. The first-order valence-corrected chi connectivity index (χ1v) is 9.47. The molecule has 0 N–H and O–H groups in total. The lowest BCUT2D eigenvalue weighted by Crippen LogP contribution is -2.29. The van der Waals surface area contributed by atoms with E-state index in [9.17, 15) is 8.42 Å². The Morgan fingerprint density at radius 1 is 1.33 bits per heavy atom. The Morgan fingerprint density at radius 2 is 2.05 bits per heavy atom. The van der Waals surface area contributed by atoms with Gasteiger partial charge in [-0.1, -0.05) is 17.7 Å². The minimum Gasteiger partial charge on any atom is -0.207 e. The Kier molecular flexibility index (Phi) is 5.33. The van der Waals surface area contributed by atoms with Crippen LogP contribution in [0.4, 0.5) is 0 Å². The van der Waals surface area contributed by atoms with E-state index in [2.05, 4.69) is 0 Å². The lowest BCUT2D eigenvalue weighted by atomic mass is 10.2. The molecule has 1 aromatic heterocycles. The van der Waals surface area contributed by atoms with Gasteiger partial charge in [-0.05, 0) is 42.1 Å². The summed E-state index contributed by atoms with van der Waals surface area (Å²) in [5, 5.41) is 2.40. The molecule has 0 fully saturated rings. The van der Waals surface area contributed by atoms with Gasteiger partial charge >= 0.3 is 0 Å². The van der Waals surface area contributed by atoms with Crippen molar-refractivity contribution in [1.29, 1.82) is 0 Å². The number of hydrogen-bond acceptors (Lipinski definition) is 3. The van der Waals surface area contributed by atoms with Gasteiger partial charge in [0.1, 0.15) is 0 Å². The van der Waals surface area contributed by atoms with E-state index in [4.69, 9.17) is 23.2 Å². The van der Waals surface area contributed by atoms with Crippen molar-refractivity contribution in [3.8, 4) is 0 Å². The summed E-state index contributed by atoms with van der Waals surface area (Å²) < 4.78 is 26.7. The predicted molar refractivity (Wildman–Crippen MR) is 88.7 cm³/mol. The topological polar surface area (TPSA) is 37.4 Å². The molecule has 2 rings (SSSR count). The molecule has 2 aromatic rings. The zero-order chi connectivity index (χ0) is 15.6. The SMILES string of the molecule is CC(c1cccs1)N(C)S(=O)(=O)c1ccc(Cl)c(CCl)c1. The van der Waals surface area contributed by atoms with E-state index >= 15 is 0 Å². The van der Waals surface area contributed by atoms with Crippen molar-refractivity contribution in [2.45, 2.75) is 23.7 Å². The van der Waals surface area contributed by atoms with E-state index in [-0.39, 0.29) is 16.8 Å². The highest BCUT2D eigenvalue weighted by molar-refractivity contribution is 7.89. The first kappa shape index (κ1) is 16.8. The Balaban J connectivity index is 2.37. The fraction of sp³-hybridized carbons (Fsp3) is 0.286. The second kappa shape index (κ2) is 6.67. The van der Waals surface area contributed by atoms with Crippen molar-refractivity contribution in [3.05, 3.63) is 51.2 Å². The summed E-state index contributed by atoms with van der Waals surface area (Å²) in [6.07, 6.45) is 0. The van der Waals surface area contributed by atoms with Crippen molar-refractivity contribution in [3.63, 3.8) is 0 Å². The number of rotatable bonds is 5. The van der Waals surface area contributed by atoms with Crippen LogP contribution in [0.25, 0.3) is 0 Å². The van der Waals surface area contributed by atoms with Crippen LogP contribution in [0, 0.1) is 0 Å². The van der Waals surface area contributed by atoms with Crippen LogP contribution in [0.1, 0.15) is 23.4 Å². The summed E-state index contributed by atoms with van der Waals surface area (Å²) >= 11 is 13.3. The standard InChI is InChI=1S/C14H15Cl2NO2S2/c1-10(14-4-3-7-20-14)17(2)21(18,19)12-5-6-13(16)11(8-12)9-15/h3-8,10H,9H2,1-2H3. The molecule has 0 aliphatic carbocycles. The summed E-state index contributed by atoms with van der Waals surface area (Å²) in [6.45, 7) is 1.86. The van der Waals surface area contributed by atoms with Gasteiger partial charge in [0, 0.05) is 22.8 Å². The third-order valence-electron chi connectivity index (χ3n) is 3.34. The van der Waals surface area contributed by atoms with E-state index in [1.807, 2.05) is 24.4 Å². The van der Waals surface area contributed by atoms with Crippen LogP contribution in [-0.4, -0.2) is 19.8 Å². The maximum atomic E-state index is 12.7. The second-order valence-electron chi connectivity index (χ2n) is 4.60. The van der Waals surface area contributed by atoms with Gasteiger partial charge in [0.25, 0.3) is 0 Å². The van der Waals surface area contributed by atoms with E-state index in [0.717, 1.165) is 4.88 Å². The highest BCUT2D eigenvalue weighted by Gasteiger charge is 2.27. The maximum Gasteiger partial charge on any atom is 0.243 e. The van der Waals surface area contributed by atoms with Gasteiger partial charge < -0.3 is 0 Å².